The summed E-state index contributed by atoms with van der Waals surface area (Å²) in [5.41, 5.74) is 6.34. The summed E-state index contributed by atoms with van der Waals surface area (Å²) >= 11 is 0. The van der Waals surface area contributed by atoms with E-state index in [0.29, 0.717) is 0 Å². The average molecular weight is 312 g/mol. The van der Waals surface area contributed by atoms with Crippen molar-refractivity contribution in [3.8, 4) is 0 Å². The second-order valence-corrected chi connectivity index (χ2v) is 4.11. The van der Waals surface area contributed by atoms with Crippen LogP contribution in [0.25, 0.3) is 5.32 Å². The van der Waals surface area contributed by atoms with Gasteiger partial charge in [0, 0.05) is 0 Å². The topological polar surface area (TPSA) is 14.1 Å². The molecule has 0 saturated carbocycles. The van der Waals surface area contributed by atoms with Crippen LogP contribution in [-0.4, -0.2) is 14.1 Å². The molecule has 4 heteroatoms. The maximum atomic E-state index is 3.50. The third-order valence-corrected chi connectivity index (χ3v) is 2.95. The Morgan fingerprint density at radius 2 is 1.59 bits per heavy atom. The van der Waals surface area contributed by atoms with E-state index in [2.05, 4.69) is 25.2 Å². The first-order valence-electron chi connectivity index (χ1n) is 5.43. The molecule has 0 amide bonds. The first-order chi connectivity index (χ1) is 6.70. The molecule has 0 N–H and O–H groups in total. The fraction of sp³-hybridized carbons (Fsp3) is 0.615. The molecule has 0 spiro atoms. The van der Waals surface area contributed by atoms with Gasteiger partial charge in [-0.15, -0.1) is 24.8 Å². The van der Waals surface area contributed by atoms with Gasteiger partial charge in [-0.1, -0.05) is 39.5 Å². The van der Waals surface area contributed by atoms with E-state index in [1.807, 2.05) is 0 Å². The summed E-state index contributed by atoms with van der Waals surface area (Å²) in [6, 6.07) is 2.38. The van der Waals surface area contributed by atoms with Crippen molar-refractivity contribution in [1.29, 1.82) is 0 Å². The Labute approximate surface area is 133 Å². The number of hydrogen-bond donors (Lipinski definition) is 0. The van der Waals surface area contributed by atoms with Crippen LogP contribution in [0.5, 0.6) is 0 Å². The second-order valence-electron chi connectivity index (χ2n) is 4.11. The molecule has 17 heavy (non-hydrogen) atoms. The van der Waals surface area contributed by atoms with E-state index < -0.39 is 0 Å². The summed E-state index contributed by atoms with van der Waals surface area (Å²) in [4.78, 5) is 0. The molecule has 0 atom stereocenters. The van der Waals surface area contributed by atoms with E-state index in [-0.39, 0.29) is 46.5 Å². The third kappa shape index (κ3) is 6.36. The van der Waals surface area contributed by atoms with Gasteiger partial charge >= 0.3 is 21.7 Å². The van der Waals surface area contributed by atoms with Crippen molar-refractivity contribution < 1.29 is 21.7 Å². The molecule has 0 aliphatic heterocycles. The van der Waals surface area contributed by atoms with E-state index in [9.17, 15) is 0 Å². The molecule has 1 nitrogen and oxygen atoms in total. The zero-order valence-corrected chi connectivity index (χ0v) is 14.4. The SMILES string of the molecule is C[N-]C.Cc1cc2c([c-]1C)CCCC2.Cl.Cl.[Ti+2]. The molecule has 1 aromatic rings. The normalized spacial score (nSPS) is 11.8. The standard InChI is InChI=1S/C11H15.C2H6N.2ClH.Ti/c1-8-7-10-5-3-4-6-11(10)9(8)2;1-3-2;;;/h7H,3-6H2,1-2H3;1-2H3;2*1H;/q2*-1;;;+2. The van der Waals surface area contributed by atoms with Crippen molar-refractivity contribution in [3.05, 3.63) is 33.6 Å². The summed E-state index contributed by atoms with van der Waals surface area (Å²) in [5.74, 6) is 0. The van der Waals surface area contributed by atoms with Crippen LogP contribution < -0.4 is 0 Å². The fourth-order valence-electron chi connectivity index (χ4n) is 2.12. The van der Waals surface area contributed by atoms with Gasteiger partial charge in [0.15, 0.2) is 0 Å². The number of hydrogen-bond acceptors (Lipinski definition) is 0. The molecule has 1 aliphatic carbocycles. The van der Waals surface area contributed by atoms with E-state index in [1.165, 1.54) is 31.2 Å². The average Bonchev–Trinajstić information content (AvgIpc) is 2.45. The molecule has 98 valence electrons. The van der Waals surface area contributed by atoms with E-state index in [0.717, 1.165) is 0 Å². The predicted molar refractivity (Wildman–Crippen MR) is 77.9 cm³/mol. The molecule has 0 fully saturated rings. The van der Waals surface area contributed by atoms with Gasteiger partial charge in [0.2, 0.25) is 0 Å². The van der Waals surface area contributed by atoms with E-state index in [4.69, 9.17) is 0 Å². The van der Waals surface area contributed by atoms with Crippen molar-refractivity contribution in [3.63, 3.8) is 0 Å². The van der Waals surface area contributed by atoms with Crippen LogP contribution >= 0.6 is 24.8 Å². The minimum absolute atomic E-state index is 0. The maximum absolute atomic E-state index is 3.50. The van der Waals surface area contributed by atoms with Gasteiger partial charge < -0.3 is 5.32 Å². The Morgan fingerprint density at radius 3 is 2.06 bits per heavy atom. The Hall–Kier alpha value is 0.604. The predicted octanol–water partition coefficient (Wildman–Crippen LogP) is 4.36. The van der Waals surface area contributed by atoms with Crippen molar-refractivity contribution >= 4 is 24.8 Å². The number of aryl methyl sites for hydroxylation is 2. The first-order valence-corrected chi connectivity index (χ1v) is 5.43. The summed E-state index contributed by atoms with van der Waals surface area (Å²) in [5, 5.41) is 3.50. The fourth-order valence-corrected chi connectivity index (χ4v) is 2.12. The number of rotatable bonds is 0. The maximum Gasteiger partial charge on any atom is 2.00 e. The summed E-state index contributed by atoms with van der Waals surface area (Å²) < 4.78 is 0. The zero-order valence-electron chi connectivity index (χ0n) is 11.2. The van der Waals surface area contributed by atoms with Crippen LogP contribution in [0, 0.1) is 13.8 Å². The van der Waals surface area contributed by atoms with E-state index >= 15 is 0 Å². The van der Waals surface area contributed by atoms with Crippen molar-refractivity contribution in [2.45, 2.75) is 39.5 Å². The zero-order chi connectivity index (χ0) is 10.6. The Morgan fingerprint density at radius 1 is 1.12 bits per heavy atom. The van der Waals surface area contributed by atoms with Gasteiger partial charge in [-0.25, -0.2) is 6.07 Å². The minimum atomic E-state index is 0. The van der Waals surface area contributed by atoms with Crippen LogP contribution in [0.4, 0.5) is 0 Å². The Bertz CT molecular complexity index is 298. The van der Waals surface area contributed by atoms with Crippen LogP contribution in [0.3, 0.4) is 0 Å². The largest absolute Gasteiger partial charge is 2.00 e. The van der Waals surface area contributed by atoms with Gasteiger partial charge in [-0.05, 0) is 0 Å². The van der Waals surface area contributed by atoms with Gasteiger partial charge in [0.25, 0.3) is 0 Å². The van der Waals surface area contributed by atoms with Crippen LogP contribution in [0.15, 0.2) is 6.07 Å². The summed E-state index contributed by atoms with van der Waals surface area (Å²) in [6.45, 7) is 4.49. The molecule has 1 aliphatic rings. The van der Waals surface area contributed by atoms with Gasteiger partial charge in [-0.3, -0.25) is 0 Å². The van der Waals surface area contributed by atoms with Gasteiger partial charge in [0.05, 0.1) is 0 Å². The molecule has 0 saturated heterocycles. The molecule has 0 unspecified atom stereocenters. The third-order valence-electron chi connectivity index (χ3n) is 2.95. The number of fused-ring (bicyclic) bond motifs is 1. The van der Waals surface area contributed by atoms with Crippen molar-refractivity contribution in [2.75, 3.05) is 14.1 Å². The van der Waals surface area contributed by atoms with E-state index in [1.54, 1.807) is 30.8 Å². The first kappa shape index (κ1) is 22.8. The molecule has 2 rings (SSSR count). The van der Waals surface area contributed by atoms with Crippen LogP contribution in [0.2, 0.25) is 0 Å². The molecule has 0 bridgehead atoms. The molecular weight excluding hydrogens is 289 g/mol. The molecule has 0 radical (unpaired) electrons. The quantitative estimate of drug-likeness (QED) is 0.499. The number of halogens is 2. The molecular formula is C13H23Cl2NTi. The second kappa shape index (κ2) is 11.7. The monoisotopic (exact) mass is 311 g/mol. The molecule has 0 aromatic heterocycles. The van der Waals surface area contributed by atoms with Gasteiger partial charge in [0.1, 0.15) is 0 Å². The summed E-state index contributed by atoms with van der Waals surface area (Å²) in [6.07, 6.45) is 5.45. The smallest absolute Gasteiger partial charge is 0.668 e. The van der Waals surface area contributed by atoms with Crippen LogP contribution in [-0.2, 0) is 34.6 Å². The molecule has 1 aromatic carbocycles. The minimum Gasteiger partial charge on any atom is -0.668 e. The van der Waals surface area contributed by atoms with Gasteiger partial charge in [-0.2, -0.15) is 36.3 Å². The summed E-state index contributed by atoms with van der Waals surface area (Å²) in [7, 11) is 3.50. The Kier molecular flexibility index (Phi) is 15.6. The Balaban J connectivity index is -0.000000300. The number of nitrogens with zero attached hydrogens (tertiary/aromatic N) is 1. The van der Waals surface area contributed by atoms with Crippen molar-refractivity contribution in [2.24, 2.45) is 0 Å². The molecule has 0 heterocycles. The van der Waals surface area contributed by atoms with Crippen molar-refractivity contribution in [1.82, 2.24) is 0 Å². The van der Waals surface area contributed by atoms with Crippen LogP contribution in [0.1, 0.15) is 35.1 Å².